The summed E-state index contributed by atoms with van der Waals surface area (Å²) in [4.78, 5) is 11.1. The molecule has 0 amide bonds. The van der Waals surface area contributed by atoms with Crippen molar-refractivity contribution in [1.82, 2.24) is 0 Å². The van der Waals surface area contributed by atoms with Gasteiger partial charge < -0.3 is 4.74 Å². The van der Waals surface area contributed by atoms with Gasteiger partial charge in [0.15, 0.2) is 0 Å². The Morgan fingerprint density at radius 3 is 2.47 bits per heavy atom. The van der Waals surface area contributed by atoms with Crippen LogP contribution in [0.25, 0.3) is 0 Å². The second-order valence-corrected chi connectivity index (χ2v) is 3.77. The van der Waals surface area contributed by atoms with Crippen molar-refractivity contribution in [3.8, 4) is 0 Å². The third kappa shape index (κ3) is 11.1. The highest BCUT2D eigenvalue weighted by atomic mass is 16.5. The Labute approximate surface area is 93.7 Å². The van der Waals surface area contributed by atoms with E-state index in [1.807, 2.05) is 6.08 Å². The van der Waals surface area contributed by atoms with Gasteiger partial charge in [-0.05, 0) is 12.8 Å². The van der Waals surface area contributed by atoms with E-state index in [1.165, 1.54) is 12.8 Å². The summed E-state index contributed by atoms with van der Waals surface area (Å²) in [5.41, 5.74) is 0. The van der Waals surface area contributed by atoms with Gasteiger partial charge >= 0.3 is 5.97 Å². The molecule has 0 fully saturated rings. The van der Waals surface area contributed by atoms with Crippen LogP contribution in [0.15, 0.2) is 12.2 Å². The van der Waals surface area contributed by atoms with Crippen molar-refractivity contribution < 1.29 is 9.53 Å². The average molecular weight is 212 g/mol. The van der Waals surface area contributed by atoms with E-state index in [2.05, 4.69) is 13.8 Å². The number of allylic oxidation sites excluding steroid dienone is 1. The zero-order valence-electron chi connectivity index (χ0n) is 10.1. The molecule has 0 aromatic rings. The molecule has 0 aliphatic heterocycles. The molecule has 0 aromatic carbocycles. The summed E-state index contributed by atoms with van der Waals surface area (Å²) < 4.78 is 5.04. The average Bonchev–Trinajstić information content (AvgIpc) is 2.24. The highest BCUT2D eigenvalue weighted by Gasteiger charge is 1.95. The van der Waals surface area contributed by atoms with Crippen molar-refractivity contribution >= 4 is 5.97 Å². The van der Waals surface area contributed by atoms with Crippen molar-refractivity contribution in [1.29, 1.82) is 0 Å². The van der Waals surface area contributed by atoms with Crippen LogP contribution in [0.1, 0.15) is 58.8 Å². The number of carbonyl (C=O) groups is 1. The van der Waals surface area contributed by atoms with E-state index < -0.39 is 0 Å². The summed E-state index contributed by atoms with van der Waals surface area (Å²) in [6.45, 7) is 4.87. The summed E-state index contributed by atoms with van der Waals surface area (Å²) >= 11 is 0. The lowest BCUT2D eigenvalue weighted by Gasteiger charge is -2.00. The van der Waals surface area contributed by atoms with E-state index >= 15 is 0 Å². The van der Waals surface area contributed by atoms with Crippen molar-refractivity contribution in [3.63, 3.8) is 0 Å². The maximum Gasteiger partial charge on any atom is 0.330 e. The van der Waals surface area contributed by atoms with Gasteiger partial charge in [-0.1, -0.05) is 52.0 Å². The lowest BCUT2D eigenvalue weighted by Crippen LogP contribution is -2.02. The van der Waals surface area contributed by atoms with Gasteiger partial charge in [0.1, 0.15) is 0 Å². The molecule has 0 unspecified atom stereocenters. The van der Waals surface area contributed by atoms with E-state index in [-0.39, 0.29) is 5.97 Å². The summed E-state index contributed by atoms with van der Waals surface area (Å²) in [7, 11) is 0. The number of hydrogen-bond acceptors (Lipinski definition) is 2. The molecule has 0 saturated carbocycles. The maximum atomic E-state index is 11.1. The van der Waals surface area contributed by atoms with Crippen LogP contribution >= 0.6 is 0 Å². The van der Waals surface area contributed by atoms with Crippen molar-refractivity contribution in [3.05, 3.63) is 12.2 Å². The molecule has 0 spiro atoms. The van der Waals surface area contributed by atoms with Crippen LogP contribution in [-0.2, 0) is 9.53 Å². The lowest BCUT2D eigenvalue weighted by molar-refractivity contribution is -0.137. The fourth-order valence-corrected chi connectivity index (χ4v) is 1.25. The van der Waals surface area contributed by atoms with E-state index in [0.29, 0.717) is 6.61 Å². The molecule has 2 nitrogen and oxygen atoms in total. The normalized spacial score (nSPS) is 10.8. The molecule has 0 N–H and O–H groups in total. The van der Waals surface area contributed by atoms with Crippen LogP contribution < -0.4 is 0 Å². The summed E-state index contributed by atoms with van der Waals surface area (Å²) in [5, 5.41) is 0. The zero-order valence-corrected chi connectivity index (χ0v) is 10.1. The van der Waals surface area contributed by atoms with E-state index in [4.69, 9.17) is 4.74 Å². The topological polar surface area (TPSA) is 26.3 Å². The van der Waals surface area contributed by atoms with Crippen LogP contribution in [0.5, 0.6) is 0 Å². The molecule has 0 aliphatic rings. The van der Waals surface area contributed by atoms with Crippen LogP contribution in [0.2, 0.25) is 0 Å². The monoisotopic (exact) mass is 212 g/mol. The number of rotatable bonds is 9. The third-order valence-corrected chi connectivity index (χ3v) is 2.22. The van der Waals surface area contributed by atoms with Gasteiger partial charge in [0.05, 0.1) is 6.61 Å². The predicted molar refractivity (Wildman–Crippen MR) is 63.8 cm³/mol. The molecule has 0 heterocycles. The van der Waals surface area contributed by atoms with Gasteiger partial charge in [-0.25, -0.2) is 4.79 Å². The van der Waals surface area contributed by atoms with Crippen LogP contribution in [-0.4, -0.2) is 12.6 Å². The van der Waals surface area contributed by atoms with Gasteiger partial charge in [0.25, 0.3) is 0 Å². The fourth-order valence-electron chi connectivity index (χ4n) is 1.25. The van der Waals surface area contributed by atoms with Crippen molar-refractivity contribution in [2.75, 3.05) is 6.61 Å². The van der Waals surface area contributed by atoms with Gasteiger partial charge in [0.2, 0.25) is 0 Å². The summed E-state index contributed by atoms with van der Waals surface area (Å²) in [6.07, 6.45) is 11.3. The lowest BCUT2D eigenvalue weighted by atomic mass is 10.2. The highest BCUT2D eigenvalue weighted by molar-refractivity contribution is 5.81. The van der Waals surface area contributed by atoms with Crippen molar-refractivity contribution in [2.45, 2.75) is 58.8 Å². The number of ether oxygens (including phenoxy) is 1. The second-order valence-electron chi connectivity index (χ2n) is 3.77. The predicted octanol–water partition coefficient (Wildman–Crippen LogP) is 3.86. The number of hydrogen-bond donors (Lipinski definition) is 0. The number of esters is 1. The Morgan fingerprint density at radius 2 is 1.80 bits per heavy atom. The Bertz CT molecular complexity index is 173. The smallest absolute Gasteiger partial charge is 0.330 e. The SMILES string of the molecule is CCCC/C=C/C(=O)OCCCCCC. The van der Waals surface area contributed by atoms with E-state index in [1.54, 1.807) is 6.08 Å². The first-order valence-corrected chi connectivity index (χ1v) is 6.14. The Kier molecular flexibility index (Phi) is 10.7. The molecule has 15 heavy (non-hydrogen) atoms. The van der Waals surface area contributed by atoms with Crippen molar-refractivity contribution in [2.24, 2.45) is 0 Å². The van der Waals surface area contributed by atoms with Gasteiger partial charge in [-0.15, -0.1) is 0 Å². The highest BCUT2D eigenvalue weighted by Crippen LogP contribution is 2.00. The first-order valence-electron chi connectivity index (χ1n) is 6.14. The quantitative estimate of drug-likeness (QED) is 0.329. The van der Waals surface area contributed by atoms with Gasteiger partial charge in [-0.3, -0.25) is 0 Å². The van der Waals surface area contributed by atoms with E-state index in [0.717, 1.165) is 32.1 Å². The molecule has 2 heteroatoms. The molecule has 0 aliphatic carbocycles. The first kappa shape index (κ1) is 14.2. The largest absolute Gasteiger partial charge is 0.463 e. The fraction of sp³-hybridized carbons (Fsp3) is 0.769. The molecule has 0 radical (unpaired) electrons. The minimum absolute atomic E-state index is 0.192. The number of unbranched alkanes of at least 4 members (excludes halogenated alkanes) is 5. The molecule has 0 bridgehead atoms. The van der Waals surface area contributed by atoms with Crippen LogP contribution in [0.3, 0.4) is 0 Å². The van der Waals surface area contributed by atoms with Crippen LogP contribution in [0, 0.1) is 0 Å². The van der Waals surface area contributed by atoms with Crippen LogP contribution in [0.4, 0.5) is 0 Å². The minimum atomic E-state index is -0.192. The van der Waals surface area contributed by atoms with Gasteiger partial charge in [-0.2, -0.15) is 0 Å². The summed E-state index contributed by atoms with van der Waals surface area (Å²) in [6, 6.07) is 0. The third-order valence-electron chi connectivity index (χ3n) is 2.22. The Balaban J connectivity index is 3.29. The molecule has 88 valence electrons. The molecular weight excluding hydrogens is 188 g/mol. The Hall–Kier alpha value is -0.790. The molecule has 0 aromatic heterocycles. The minimum Gasteiger partial charge on any atom is -0.463 e. The molecular formula is C13H24O2. The Morgan fingerprint density at radius 1 is 1.07 bits per heavy atom. The summed E-state index contributed by atoms with van der Waals surface area (Å²) in [5.74, 6) is -0.192. The molecule has 0 rings (SSSR count). The standard InChI is InChI=1S/C13H24O2/c1-3-5-7-9-11-13(14)15-12-10-8-6-4-2/h9,11H,3-8,10,12H2,1-2H3/b11-9+. The zero-order chi connectivity index (χ0) is 11.4. The first-order chi connectivity index (χ1) is 7.31. The van der Waals surface area contributed by atoms with E-state index in [9.17, 15) is 4.79 Å². The van der Waals surface area contributed by atoms with Gasteiger partial charge in [0, 0.05) is 6.08 Å². The maximum absolute atomic E-state index is 11.1. The molecule has 0 saturated heterocycles. The molecule has 0 atom stereocenters. The number of carbonyl (C=O) groups excluding carboxylic acids is 1. The second kappa shape index (κ2) is 11.3.